The molecule has 1 aliphatic heterocycles. The molecule has 6 nitrogen and oxygen atoms in total. The lowest BCUT2D eigenvalue weighted by molar-refractivity contribution is 0.0785. The topological polar surface area (TPSA) is 60.2 Å². The van der Waals surface area contributed by atoms with Crippen LogP contribution in [-0.2, 0) is 0 Å². The predicted molar refractivity (Wildman–Crippen MR) is 106 cm³/mol. The van der Waals surface area contributed by atoms with Gasteiger partial charge in [-0.15, -0.1) is 5.10 Å². The van der Waals surface area contributed by atoms with Gasteiger partial charge in [0.1, 0.15) is 11.4 Å². The van der Waals surface area contributed by atoms with Crippen LogP contribution in [0.5, 0.6) is 5.75 Å². The summed E-state index contributed by atoms with van der Waals surface area (Å²) < 4.78 is 7.88. The van der Waals surface area contributed by atoms with Crippen molar-refractivity contribution in [3.05, 3.63) is 64.8 Å². The number of hydrogen-bond acceptors (Lipinski definition) is 4. The molecule has 1 amide bonds. The quantitative estimate of drug-likeness (QED) is 0.636. The zero-order valence-corrected chi connectivity index (χ0v) is 16.5. The van der Waals surface area contributed by atoms with Crippen molar-refractivity contribution >= 4 is 21.8 Å². The fourth-order valence-electron chi connectivity index (χ4n) is 3.30. The van der Waals surface area contributed by atoms with E-state index < -0.39 is 0 Å². The minimum atomic E-state index is -0.00771. The number of rotatable bonds is 4. The van der Waals surface area contributed by atoms with Crippen molar-refractivity contribution in [1.82, 2.24) is 19.9 Å². The fourth-order valence-corrected chi connectivity index (χ4v) is 3.72. The van der Waals surface area contributed by atoms with Crippen LogP contribution in [0.1, 0.15) is 22.8 Å². The Balaban J connectivity index is 1.49. The standard InChI is InChI=1S/C20H19BrN4O2/c1-27-16-7-8-18(21)17(11-16)20(26)24-10-9-15(12-24)25-13-19(22-23-25)14-5-3-2-4-6-14/h2-8,11,13,15H,9-10,12H2,1H3/t15-/m1/s1. The second-order valence-electron chi connectivity index (χ2n) is 6.49. The fraction of sp³-hybridized carbons (Fsp3) is 0.250. The maximum absolute atomic E-state index is 12.9. The predicted octanol–water partition coefficient (Wildman–Crippen LogP) is 3.80. The number of aromatic nitrogens is 3. The first-order chi connectivity index (χ1) is 13.2. The SMILES string of the molecule is COc1ccc(Br)c(C(=O)N2CC[C@@H](n3cc(-c4ccccc4)nn3)C2)c1. The smallest absolute Gasteiger partial charge is 0.255 e. The average molecular weight is 427 g/mol. The zero-order chi connectivity index (χ0) is 18.8. The second-order valence-corrected chi connectivity index (χ2v) is 7.34. The Hall–Kier alpha value is -2.67. The number of carbonyl (C=O) groups is 1. The van der Waals surface area contributed by atoms with Gasteiger partial charge in [-0.05, 0) is 40.5 Å². The number of halogens is 1. The number of benzene rings is 2. The monoisotopic (exact) mass is 426 g/mol. The Kier molecular flexibility index (Phi) is 4.94. The van der Waals surface area contributed by atoms with Crippen molar-refractivity contribution in [3.8, 4) is 17.0 Å². The molecule has 0 spiro atoms. The van der Waals surface area contributed by atoms with Gasteiger partial charge in [0.15, 0.2) is 0 Å². The molecule has 1 atom stereocenters. The summed E-state index contributed by atoms with van der Waals surface area (Å²) in [4.78, 5) is 14.8. The van der Waals surface area contributed by atoms with E-state index in [0.717, 1.165) is 22.2 Å². The zero-order valence-electron chi connectivity index (χ0n) is 14.9. The number of ether oxygens (including phenoxy) is 1. The molecule has 1 aromatic heterocycles. The van der Waals surface area contributed by atoms with E-state index in [0.29, 0.717) is 24.4 Å². The molecule has 0 bridgehead atoms. The first kappa shape index (κ1) is 17.7. The van der Waals surface area contributed by atoms with Gasteiger partial charge in [-0.3, -0.25) is 4.79 Å². The van der Waals surface area contributed by atoms with E-state index in [9.17, 15) is 4.79 Å². The van der Waals surface area contributed by atoms with Crippen LogP contribution in [0.25, 0.3) is 11.3 Å². The summed E-state index contributed by atoms with van der Waals surface area (Å²) in [5, 5.41) is 8.57. The normalized spacial score (nSPS) is 16.5. The molecule has 4 rings (SSSR count). The molecule has 0 N–H and O–H groups in total. The Bertz CT molecular complexity index is 958. The molecule has 3 aromatic rings. The molecule has 0 unspecified atom stereocenters. The van der Waals surface area contributed by atoms with E-state index in [-0.39, 0.29) is 11.9 Å². The molecule has 27 heavy (non-hydrogen) atoms. The van der Waals surface area contributed by atoms with E-state index in [1.807, 2.05) is 58.2 Å². The summed E-state index contributed by atoms with van der Waals surface area (Å²) in [7, 11) is 1.60. The average Bonchev–Trinajstić information content (AvgIpc) is 3.38. The Morgan fingerprint density at radius 1 is 1.22 bits per heavy atom. The van der Waals surface area contributed by atoms with Crippen LogP contribution < -0.4 is 4.74 Å². The molecule has 2 heterocycles. The maximum atomic E-state index is 12.9. The minimum absolute atomic E-state index is 0.00771. The Labute approximate surface area is 165 Å². The van der Waals surface area contributed by atoms with E-state index >= 15 is 0 Å². The summed E-state index contributed by atoms with van der Waals surface area (Å²) >= 11 is 3.47. The number of carbonyl (C=O) groups excluding carboxylic acids is 1. The molecule has 7 heteroatoms. The second kappa shape index (κ2) is 7.52. The molecule has 1 saturated heterocycles. The van der Waals surface area contributed by atoms with E-state index in [1.54, 1.807) is 13.2 Å². The van der Waals surface area contributed by atoms with Gasteiger partial charge in [-0.25, -0.2) is 4.68 Å². The lowest BCUT2D eigenvalue weighted by Gasteiger charge is -2.18. The van der Waals surface area contributed by atoms with Gasteiger partial charge in [0.25, 0.3) is 5.91 Å². The summed E-state index contributed by atoms with van der Waals surface area (Å²) in [6.45, 7) is 1.30. The van der Waals surface area contributed by atoms with Crippen LogP contribution in [0.3, 0.4) is 0 Å². The van der Waals surface area contributed by atoms with Crippen LogP contribution >= 0.6 is 15.9 Å². The molecule has 0 radical (unpaired) electrons. The van der Waals surface area contributed by atoms with Gasteiger partial charge >= 0.3 is 0 Å². The summed E-state index contributed by atoms with van der Waals surface area (Å²) in [6.07, 6.45) is 2.81. The highest BCUT2D eigenvalue weighted by molar-refractivity contribution is 9.10. The highest BCUT2D eigenvalue weighted by Crippen LogP contribution is 2.28. The maximum Gasteiger partial charge on any atom is 0.255 e. The van der Waals surface area contributed by atoms with Gasteiger partial charge in [0.05, 0.1) is 24.9 Å². The van der Waals surface area contributed by atoms with Gasteiger partial charge in [0, 0.05) is 23.1 Å². The van der Waals surface area contributed by atoms with Gasteiger partial charge in [-0.1, -0.05) is 35.5 Å². The molecular weight excluding hydrogens is 408 g/mol. The molecule has 1 aliphatic rings. The molecule has 2 aromatic carbocycles. The Morgan fingerprint density at radius 2 is 2.04 bits per heavy atom. The number of hydrogen-bond donors (Lipinski definition) is 0. The lowest BCUT2D eigenvalue weighted by atomic mass is 10.2. The molecule has 0 aliphatic carbocycles. The van der Waals surface area contributed by atoms with E-state index in [1.165, 1.54) is 0 Å². The summed E-state index contributed by atoms with van der Waals surface area (Å²) in [5.74, 6) is 0.660. The molecular formula is C20H19BrN4O2. The molecule has 1 fully saturated rings. The highest BCUT2D eigenvalue weighted by Gasteiger charge is 2.30. The van der Waals surface area contributed by atoms with Crippen molar-refractivity contribution in [3.63, 3.8) is 0 Å². The van der Waals surface area contributed by atoms with Crippen LogP contribution in [-0.4, -0.2) is 46.0 Å². The third-order valence-corrected chi connectivity index (χ3v) is 5.50. The first-order valence-corrected chi connectivity index (χ1v) is 9.55. The number of methoxy groups -OCH3 is 1. The van der Waals surface area contributed by atoms with Crippen molar-refractivity contribution in [1.29, 1.82) is 0 Å². The van der Waals surface area contributed by atoms with Gasteiger partial charge < -0.3 is 9.64 Å². The minimum Gasteiger partial charge on any atom is -0.497 e. The Morgan fingerprint density at radius 3 is 2.81 bits per heavy atom. The molecule has 0 saturated carbocycles. The van der Waals surface area contributed by atoms with Gasteiger partial charge in [-0.2, -0.15) is 0 Å². The third kappa shape index (κ3) is 3.60. The third-order valence-electron chi connectivity index (χ3n) is 4.81. The van der Waals surface area contributed by atoms with Crippen LogP contribution in [0, 0.1) is 0 Å². The molecule has 138 valence electrons. The van der Waals surface area contributed by atoms with Crippen molar-refractivity contribution in [2.75, 3.05) is 20.2 Å². The van der Waals surface area contributed by atoms with E-state index in [4.69, 9.17) is 4.74 Å². The van der Waals surface area contributed by atoms with Crippen molar-refractivity contribution in [2.45, 2.75) is 12.5 Å². The van der Waals surface area contributed by atoms with Crippen molar-refractivity contribution in [2.24, 2.45) is 0 Å². The van der Waals surface area contributed by atoms with E-state index in [2.05, 4.69) is 26.2 Å². The van der Waals surface area contributed by atoms with Crippen LogP contribution in [0.4, 0.5) is 0 Å². The highest BCUT2D eigenvalue weighted by atomic mass is 79.9. The van der Waals surface area contributed by atoms with Crippen LogP contribution in [0.15, 0.2) is 59.2 Å². The lowest BCUT2D eigenvalue weighted by Crippen LogP contribution is -2.29. The van der Waals surface area contributed by atoms with Gasteiger partial charge in [0.2, 0.25) is 0 Å². The summed E-state index contributed by atoms with van der Waals surface area (Å²) in [6, 6.07) is 15.5. The summed E-state index contributed by atoms with van der Waals surface area (Å²) in [5.41, 5.74) is 2.49. The van der Waals surface area contributed by atoms with Crippen LogP contribution in [0.2, 0.25) is 0 Å². The number of likely N-dealkylation sites (tertiary alicyclic amines) is 1. The van der Waals surface area contributed by atoms with Crippen molar-refractivity contribution < 1.29 is 9.53 Å². The number of nitrogens with zero attached hydrogens (tertiary/aromatic N) is 4. The largest absolute Gasteiger partial charge is 0.497 e. The first-order valence-electron chi connectivity index (χ1n) is 8.76. The number of amides is 1.